The molecule has 0 rings (SSSR count). The number of rotatable bonds is 9. The van der Waals surface area contributed by atoms with E-state index in [0.29, 0.717) is 0 Å². The zero-order valence-corrected chi connectivity index (χ0v) is 11.3. The van der Waals surface area contributed by atoms with Gasteiger partial charge in [-0.3, -0.25) is 0 Å². The van der Waals surface area contributed by atoms with Crippen LogP contribution >= 0.6 is 0 Å². The molecule has 0 aliphatic rings. The summed E-state index contributed by atoms with van der Waals surface area (Å²) < 4.78 is 0. The Kier molecular flexibility index (Phi) is 9.12. The first kappa shape index (κ1) is 14.9. The summed E-state index contributed by atoms with van der Waals surface area (Å²) in [5, 5.41) is 3.44. The molecule has 0 aliphatic heterocycles. The zero-order chi connectivity index (χ0) is 11.7. The van der Waals surface area contributed by atoms with Gasteiger partial charge in [-0.15, -0.1) is 0 Å². The van der Waals surface area contributed by atoms with E-state index in [9.17, 15) is 0 Å². The third-order valence-corrected chi connectivity index (χ3v) is 2.86. The molecule has 0 spiro atoms. The van der Waals surface area contributed by atoms with Crippen LogP contribution in [0.15, 0.2) is 0 Å². The Morgan fingerprint density at radius 2 is 1.80 bits per heavy atom. The Morgan fingerprint density at radius 1 is 1.13 bits per heavy atom. The van der Waals surface area contributed by atoms with Gasteiger partial charge in [0.1, 0.15) is 0 Å². The maximum atomic E-state index is 3.44. The topological polar surface area (TPSA) is 15.3 Å². The third kappa shape index (κ3) is 8.88. The molecule has 15 heavy (non-hydrogen) atoms. The van der Waals surface area contributed by atoms with Crippen molar-refractivity contribution >= 4 is 0 Å². The fourth-order valence-electron chi connectivity index (χ4n) is 1.84. The maximum Gasteiger partial charge on any atom is 0.00663 e. The summed E-state index contributed by atoms with van der Waals surface area (Å²) in [7, 11) is 2.24. The summed E-state index contributed by atoms with van der Waals surface area (Å²) in [6.45, 7) is 12.7. The zero-order valence-electron chi connectivity index (χ0n) is 11.3. The Balaban J connectivity index is 3.42. The lowest BCUT2D eigenvalue weighted by molar-refractivity contribution is 0.225. The van der Waals surface area contributed by atoms with E-state index < -0.39 is 0 Å². The fourth-order valence-corrected chi connectivity index (χ4v) is 1.84. The predicted octanol–water partition coefficient (Wildman–Crippen LogP) is 2.74. The van der Waals surface area contributed by atoms with Gasteiger partial charge >= 0.3 is 0 Å². The molecular weight excluding hydrogens is 184 g/mol. The number of nitrogens with one attached hydrogen (secondary N) is 1. The van der Waals surface area contributed by atoms with Gasteiger partial charge in [0.15, 0.2) is 0 Å². The third-order valence-electron chi connectivity index (χ3n) is 2.86. The Morgan fingerprint density at radius 3 is 2.33 bits per heavy atom. The Labute approximate surface area is 96.4 Å². The number of hydrogen-bond donors (Lipinski definition) is 1. The standard InChI is InChI=1S/C13H30N2/c1-6-8-14-9-7-10-15(5)13(4)11-12(2)3/h12-14H,6-11H2,1-5H3. The molecule has 0 aromatic carbocycles. The summed E-state index contributed by atoms with van der Waals surface area (Å²) in [4.78, 5) is 2.48. The SMILES string of the molecule is CCCNCCCN(C)C(C)CC(C)C. The van der Waals surface area contributed by atoms with Crippen molar-refractivity contribution in [2.24, 2.45) is 5.92 Å². The molecule has 0 saturated carbocycles. The molecule has 0 amide bonds. The van der Waals surface area contributed by atoms with Gasteiger partial charge < -0.3 is 10.2 Å². The second kappa shape index (κ2) is 9.17. The smallest absolute Gasteiger partial charge is 0.00663 e. The van der Waals surface area contributed by atoms with Gasteiger partial charge in [-0.2, -0.15) is 0 Å². The minimum Gasteiger partial charge on any atom is -0.317 e. The van der Waals surface area contributed by atoms with Crippen LogP contribution in [0.3, 0.4) is 0 Å². The van der Waals surface area contributed by atoms with E-state index in [1.54, 1.807) is 0 Å². The molecule has 0 fully saturated rings. The van der Waals surface area contributed by atoms with E-state index >= 15 is 0 Å². The summed E-state index contributed by atoms with van der Waals surface area (Å²) >= 11 is 0. The van der Waals surface area contributed by atoms with Crippen LogP contribution in [0, 0.1) is 5.92 Å². The van der Waals surface area contributed by atoms with Crippen LogP contribution in [0.1, 0.15) is 47.0 Å². The molecule has 1 N–H and O–H groups in total. The highest BCUT2D eigenvalue weighted by molar-refractivity contribution is 4.65. The highest BCUT2D eigenvalue weighted by atomic mass is 15.1. The van der Waals surface area contributed by atoms with E-state index in [0.717, 1.165) is 25.0 Å². The Hall–Kier alpha value is -0.0800. The van der Waals surface area contributed by atoms with Gasteiger partial charge in [0.2, 0.25) is 0 Å². The van der Waals surface area contributed by atoms with E-state index in [2.05, 4.69) is 45.0 Å². The molecule has 0 bridgehead atoms. The van der Waals surface area contributed by atoms with Crippen LogP contribution in [0.5, 0.6) is 0 Å². The van der Waals surface area contributed by atoms with E-state index in [4.69, 9.17) is 0 Å². The molecule has 0 saturated heterocycles. The van der Waals surface area contributed by atoms with E-state index in [-0.39, 0.29) is 0 Å². The lowest BCUT2D eigenvalue weighted by Gasteiger charge is -2.26. The molecule has 0 radical (unpaired) electrons. The molecule has 0 aliphatic carbocycles. The van der Waals surface area contributed by atoms with Crippen LogP contribution in [-0.4, -0.2) is 37.6 Å². The summed E-state index contributed by atoms with van der Waals surface area (Å²) in [5.41, 5.74) is 0. The second-order valence-corrected chi connectivity index (χ2v) is 5.06. The quantitative estimate of drug-likeness (QED) is 0.594. The van der Waals surface area contributed by atoms with Crippen LogP contribution in [0.25, 0.3) is 0 Å². The molecule has 0 aromatic heterocycles. The van der Waals surface area contributed by atoms with Crippen molar-refractivity contribution in [1.29, 1.82) is 0 Å². The molecule has 92 valence electrons. The summed E-state index contributed by atoms with van der Waals surface area (Å²) in [6, 6.07) is 0.719. The Bertz CT molecular complexity index is 134. The molecule has 0 heterocycles. The van der Waals surface area contributed by atoms with Crippen LogP contribution in [0.4, 0.5) is 0 Å². The van der Waals surface area contributed by atoms with Gasteiger partial charge in [-0.05, 0) is 58.8 Å². The first-order valence-electron chi connectivity index (χ1n) is 6.48. The van der Waals surface area contributed by atoms with Gasteiger partial charge in [0.25, 0.3) is 0 Å². The normalized spacial score (nSPS) is 13.8. The van der Waals surface area contributed by atoms with E-state index in [1.165, 1.54) is 25.8 Å². The van der Waals surface area contributed by atoms with Crippen LogP contribution in [0.2, 0.25) is 0 Å². The van der Waals surface area contributed by atoms with Gasteiger partial charge in [-0.25, -0.2) is 0 Å². The van der Waals surface area contributed by atoms with Crippen molar-refractivity contribution in [2.75, 3.05) is 26.7 Å². The first-order valence-corrected chi connectivity index (χ1v) is 6.48. The highest BCUT2D eigenvalue weighted by Crippen LogP contribution is 2.09. The molecule has 1 unspecified atom stereocenters. The van der Waals surface area contributed by atoms with E-state index in [1.807, 2.05) is 0 Å². The minimum absolute atomic E-state index is 0.719. The van der Waals surface area contributed by atoms with Crippen LogP contribution in [-0.2, 0) is 0 Å². The number of nitrogens with zero attached hydrogens (tertiary/aromatic N) is 1. The van der Waals surface area contributed by atoms with Crippen LogP contribution < -0.4 is 5.32 Å². The van der Waals surface area contributed by atoms with Gasteiger partial charge in [0.05, 0.1) is 0 Å². The highest BCUT2D eigenvalue weighted by Gasteiger charge is 2.09. The monoisotopic (exact) mass is 214 g/mol. The lowest BCUT2D eigenvalue weighted by atomic mass is 10.0. The predicted molar refractivity (Wildman–Crippen MR) is 69.3 cm³/mol. The van der Waals surface area contributed by atoms with Gasteiger partial charge in [-0.1, -0.05) is 20.8 Å². The van der Waals surface area contributed by atoms with Gasteiger partial charge in [0, 0.05) is 6.04 Å². The fraction of sp³-hybridized carbons (Fsp3) is 1.00. The second-order valence-electron chi connectivity index (χ2n) is 5.06. The average molecular weight is 214 g/mol. The van der Waals surface area contributed by atoms with Crippen molar-refractivity contribution in [2.45, 2.75) is 53.0 Å². The van der Waals surface area contributed by atoms with Crippen molar-refractivity contribution in [1.82, 2.24) is 10.2 Å². The van der Waals surface area contributed by atoms with Crippen molar-refractivity contribution in [3.63, 3.8) is 0 Å². The van der Waals surface area contributed by atoms with Crippen molar-refractivity contribution in [3.05, 3.63) is 0 Å². The lowest BCUT2D eigenvalue weighted by Crippen LogP contribution is -2.32. The molecule has 0 aromatic rings. The van der Waals surface area contributed by atoms with Crippen molar-refractivity contribution in [3.8, 4) is 0 Å². The maximum absolute atomic E-state index is 3.44. The largest absolute Gasteiger partial charge is 0.317 e. The molecule has 2 nitrogen and oxygen atoms in total. The van der Waals surface area contributed by atoms with Crippen molar-refractivity contribution < 1.29 is 0 Å². The number of hydrogen-bond acceptors (Lipinski definition) is 2. The summed E-state index contributed by atoms with van der Waals surface area (Å²) in [6.07, 6.45) is 3.80. The molecule has 1 atom stereocenters. The first-order chi connectivity index (χ1) is 7.07. The average Bonchev–Trinajstić information content (AvgIpc) is 2.16. The molecule has 2 heteroatoms. The minimum atomic E-state index is 0.719. The summed E-state index contributed by atoms with van der Waals surface area (Å²) in [5.74, 6) is 0.806. The molecular formula is C13H30N2.